The van der Waals surface area contributed by atoms with Crippen LogP contribution in [0.5, 0.6) is 0 Å². The molecule has 0 amide bonds. The number of aryl methyl sites for hydroxylation is 1. The van der Waals surface area contributed by atoms with Gasteiger partial charge in [0, 0.05) is 27.5 Å². The third-order valence-electron chi connectivity index (χ3n) is 2.70. The maximum absolute atomic E-state index is 5.91. The summed E-state index contributed by atoms with van der Waals surface area (Å²) in [4.78, 5) is 9.04. The maximum Gasteiger partial charge on any atom is 0.160 e. The van der Waals surface area contributed by atoms with E-state index in [-0.39, 0.29) is 0 Å². The van der Waals surface area contributed by atoms with Gasteiger partial charge in [-0.15, -0.1) is 11.6 Å². The van der Waals surface area contributed by atoms with Crippen molar-refractivity contribution in [1.82, 2.24) is 9.97 Å². The molecule has 0 radical (unpaired) electrons. The van der Waals surface area contributed by atoms with Gasteiger partial charge in [-0.05, 0) is 12.5 Å². The molecule has 2 nitrogen and oxygen atoms in total. The van der Waals surface area contributed by atoms with Crippen LogP contribution in [0, 0.1) is 0 Å². The zero-order valence-corrected chi connectivity index (χ0v) is 12.5. The van der Waals surface area contributed by atoms with Crippen LogP contribution in [-0.2, 0) is 12.3 Å². The molecule has 0 aliphatic heterocycles. The standard InChI is InChI=1S/C14H14BrClN2/c1-2-5-13-10(8-16)9-17-14(18-13)11-6-3-4-7-12(11)15/h3-4,6-7,9H,2,5,8H2,1H3. The lowest BCUT2D eigenvalue weighted by molar-refractivity contribution is 0.859. The van der Waals surface area contributed by atoms with E-state index < -0.39 is 0 Å². The van der Waals surface area contributed by atoms with Crippen molar-refractivity contribution in [2.75, 3.05) is 0 Å². The van der Waals surface area contributed by atoms with E-state index in [1.165, 1.54) is 0 Å². The van der Waals surface area contributed by atoms with Gasteiger partial charge in [0.1, 0.15) is 0 Å². The van der Waals surface area contributed by atoms with Crippen molar-refractivity contribution in [3.8, 4) is 11.4 Å². The van der Waals surface area contributed by atoms with Gasteiger partial charge in [0.2, 0.25) is 0 Å². The van der Waals surface area contributed by atoms with Gasteiger partial charge in [-0.1, -0.05) is 47.5 Å². The highest BCUT2D eigenvalue weighted by atomic mass is 79.9. The lowest BCUT2D eigenvalue weighted by Crippen LogP contribution is -2.00. The fourth-order valence-electron chi connectivity index (χ4n) is 1.78. The first-order chi connectivity index (χ1) is 8.76. The summed E-state index contributed by atoms with van der Waals surface area (Å²) in [5.41, 5.74) is 3.08. The number of benzene rings is 1. The molecule has 0 atom stereocenters. The van der Waals surface area contributed by atoms with Gasteiger partial charge < -0.3 is 0 Å². The molecule has 94 valence electrons. The van der Waals surface area contributed by atoms with E-state index in [9.17, 15) is 0 Å². The van der Waals surface area contributed by atoms with Crippen LogP contribution >= 0.6 is 27.5 Å². The number of hydrogen-bond donors (Lipinski definition) is 0. The predicted octanol–water partition coefficient (Wildman–Crippen LogP) is 4.60. The molecule has 0 saturated heterocycles. The Morgan fingerprint density at radius 1 is 1.28 bits per heavy atom. The van der Waals surface area contributed by atoms with Crippen LogP contribution in [0.1, 0.15) is 24.6 Å². The molecule has 1 heterocycles. The minimum atomic E-state index is 0.464. The van der Waals surface area contributed by atoms with Crippen LogP contribution in [0.3, 0.4) is 0 Å². The summed E-state index contributed by atoms with van der Waals surface area (Å²) in [5.74, 6) is 1.21. The van der Waals surface area contributed by atoms with Crippen LogP contribution in [0.25, 0.3) is 11.4 Å². The second-order valence-electron chi connectivity index (χ2n) is 4.03. The Morgan fingerprint density at radius 2 is 2.06 bits per heavy atom. The van der Waals surface area contributed by atoms with Gasteiger partial charge in [-0.25, -0.2) is 9.97 Å². The number of halogens is 2. The summed E-state index contributed by atoms with van der Waals surface area (Å²) in [6.07, 6.45) is 3.82. The Kier molecular flexibility index (Phi) is 4.72. The van der Waals surface area contributed by atoms with E-state index >= 15 is 0 Å². The highest BCUT2D eigenvalue weighted by Gasteiger charge is 2.09. The fraction of sp³-hybridized carbons (Fsp3) is 0.286. The Labute approximate surface area is 121 Å². The fourth-order valence-corrected chi connectivity index (χ4v) is 2.46. The summed E-state index contributed by atoms with van der Waals surface area (Å²) < 4.78 is 1.01. The summed E-state index contributed by atoms with van der Waals surface area (Å²) >= 11 is 9.43. The van der Waals surface area contributed by atoms with E-state index in [4.69, 9.17) is 11.6 Å². The van der Waals surface area contributed by atoms with Crippen molar-refractivity contribution in [2.45, 2.75) is 25.6 Å². The quantitative estimate of drug-likeness (QED) is 0.768. The summed E-state index contributed by atoms with van der Waals surface area (Å²) in [6, 6.07) is 7.97. The van der Waals surface area contributed by atoms with Gasteiger partial charge in [0.05, 0.1) is 5.88 Å². The average molecular weight is 326 g/mol. The first-order valence-corrected chi connectivity index (χ1v) is 7.24. The largest absolute Gasteiger partial charge is 0.236 e. The molecule has 0 aliphatic carbocycles. The molecule has 0 N–H and O–H groups in total. The molecule has 0 unspecified atom stereocenters. The van der Waals surface area contributed by atoms with Crippen LogP contribution in [0.4, 0.5) is 0 Å². The van der Waals surface area contributed by atoms with Gasteiger partial charge >= 0.3 is 0 Å². The van der Waals surface area contributed by atoms with E-state index in [1.807, 2.05) is 30.5 Å². The molecule has 0 bridgehead atoms. The number of alkyl halides is 1. The van der Waals surface area contributed by atoms with Crippen molar-refractivity contribution in [1.29, 1.82) is 0 Å². The molecule has 0 saturated carbocycles. The first-order valence-electron chi connectivity index (χ1n) is 5.92. The molecule has 1 aromatic heterocycles. The Morgan fingerprint density at radius 3 is 2.72 bits per heavy atom. The lowest BCUT2D eigenvalue weighted by atomic mass is 10.1. The molecule has 4 heteroatoms. The van der Waals surface area contributed by atoms with E-state index in [0.717, 1.165) is 40.0 Å². The number of nitrogens with zero attached hydrogens (tertiary/aromatic N) is 2. The molecular formula is C14H14BrClN2. The van der Waals surface area contributed by atoms with Crippen LogP contribution < -0.4 is 0 Å². The number of aromatic nitrogens is 2. The maximum atomic E-state index is 5.91. The Bertz CT molecular complexity index is 543. The van der Waals surface area contributed by atoms with Crippen molar-refractivity contribution < 1.29 is 0 Å². The average Bonchev–Trinajstić information content (AvgIpc) is 2.40. The van der Waals surface area contributed by atoms with E-state index in [0.29, 0.717) is 5.88 Å². The second-order valence-corrected chi connectivity index (χ2v) is 5.15. The Balaban J connectivity index is 2.47. The molecule has 0 aliphatic rings. The van der Waals surface area contributed by atoms with Gasteiger partial charge in [-0.3, -0.25) is 0 Å². The SMILES string of the molecule is CCCc1nc(-c2ccccc2Br)ncc1CCl. The second kappa shape index (κ2) is 6.30. The Hall–Kier alpha value is -0.930. The predicted molar refractivity (Wildman–Crippen MR) is 78.7 cm³/mol. The molecule has 1 aromatic carbocycles. The number of hydrogen-bond acceptors (Lipinski definition) is 2. The zero-order valence-electron chi connectivity index (χ0n) is 10.2. The molecule has 2 aromatic rings. The van der Waals surface area contributed by atoms with Crippen LogP contribution in [0.15, 0.2) is 34.9 Å². The zero-order chi connectivity index (χ0) is 13.0. The third-order valence-corrected chi connectivity index (χ3v) is 3.68. The summed E-state index contributed by atoms with van der Waals surface area (Å²) in [7, 11) is 0. The molecular weight excluding hydrogens is 312 g/mol. The number of rotatable bonds is 4. The van der Waals surface area contributed by atoms with E-state index in [2.05, 4.69) is 32.8 Å². The van der Waals surface area contributed by atoms with Gasteiger partial charge in [-0.2, -0.15) is 0 Å². The highest BCUT2D eigenvalue weighted by Crippen LogP contribution is 2.26. The van der Waals surface area contributed by atoms with Crippen molar-refractivity contribution in [3.63, 3.8) is 0 Å². The molecule has 0 spiro atoms. The lowest BCUT2D eigenvalue weighted by Gasteiger charge is -2.08. The van der Waals surface area contributed by atoms with Crippen molar-refractivity contribution in [2.24, 2.45) is 0 Å². The van der Waals surface area contributed by atoms with E-state index in [1.54, 1.807) is 0 Å². The minimum absolute atomic E-state index is 0.464. The van der Waals surface area contributed by atoms with Crippen molar-refractivity contribution >= 4 is 27.5 Å². The van der Waals surface area contributed by atoms with Gasteiger partial charge in [0.15, 0.2) is 5.82 Å². The topological polar surface area (TPSA) is 25.8 Å². The van der Waals surface area contributed by atoms with Crippen LogP contribution in [0.2, 0.25) is 0 Å². The smallest absolute Gasteiger partial charge is 0.160 e. The van der Waals surface area contributed by atoms with Crippen LogP contribution in [-0.4, -0.2) is 9.97 Å². The highest BCUT2D eigenvalue weighted by molar-refractivity contribution is 9.10. The normalized spacial score (nSPS) is 10.6. The summed E-state index contributed by atoms with van der Waals surface area (Å²) in [5, 5.41) is 0. The van der Waals surface area contributed by atoms with Crippen molar-refractivity contribution in [3.05, 3.63) is 46.2 Å². The summed E-state index contributed by atoms with van der Waals surface area (Å²) in [6.45, 7) is 2.14. The third kappa shape index (κ3) is 2.90. The van der Waals surface area contributed by atoms with Gasteiger partial charge in [0.25, 0.3) is 0 Å². The molecule has 0 fully saturated rings. The monoisotopic (exact) mass is 324 g/mol. The minimum Gasteiger partial charge on any atom is -0.236 e. The molecule has 18 heavy (non-hydrogen) atoms. The first kappa shape index (κ1) is 13.5. The molecule has 2 rings (SSSR count).